The molecule has 102 valence electrons. The van der Waals surface area contributed by atoms with E-state index in [-0.39, 0.29) is 34.0 Å². The summed E-state index contributed by atoms with van der Waals surface area (Å²) in [6.07, 6.45) is 14.1. The summed E-state index contributed by atoms with van der Waals surface area (Å²) in [5.41, 5.74) is 7.71. The van der Waals surface area contributed by atoms with E-state index >= 15 is 0 Å². The minimum Gasteiger partial charge on any atom is -1.00 e. The van der Waals surface area contributed by atoms with E-state index in [0.717, 1.165) is 13.1 Å². The summed E-state index contributed by atoms with van der Waals surface area (Å²) in [5, 5.41) is 0. The van der Waals surface area contributed by atoms with Gasteiger partial charge in [-0.15, -0.1) is 0 Å². The van der Waals surface area contributed by atoms with Gasteiger partial charge in [-0.2, -0.15) is 0 Å². The van der Waals surface area contributed by atoms with Crippen LogP contribution in [0.5, 0.6) is 0 Å². The lowest BCUT2D eigenvalue weighted by atomic mass is 10.1. The Morgan fingerprint density at radius 1 is 0.375 bits per heavy atom. The molecule has 0 aromatic rings. The van der Waals surface area contributed by atoms with Crippen molar-refractivity contribution in [2.24, 2.45) is 0 Å². The Bertz CT molecular complexity index is 91.0. The molecule has 0 rings (SSSR count). The SMILES string of the molecule is [Br-].[Br-].[NH3+]CCCCCCCCCCCC[NH3+]. The van der Waals surface area contributed by atoms with Crippen molar-refractivity contribution < 1.29 is 45.4 Å². The second-order valence-electron chi connectivity index (χ2n) is 4.24. The first-order valence-electron chi connectivity index (χ1n) is 6.50. The summed E-state index contributed by atoms with van der Waals surface area (Å²) in [6.45, 7) is 2.23. The van der Waals surface area contributed by atoms with Gasteiger partial charge in [0, 0.05) is 0 Å². The lowest BCUT2D eigenvalue weighted by Crippen LogP contribution is -3.00. The summed E-state index contributed by atoms with van der Waals surface area (Å²) in [5.74, 6) is 0. The predicted molar refractivity (Wildman–Crippen MR) is 61.7 cm³/mol. The zero-order valence-electron chi connectivity index (χ0n) is 10.7. The fourth-order valence-corrected chi connectivity index (χ4v) is 1.77. The Balaban J connectivity index is -0.000000845. The van der Waals surface area contributed by atoms with Crippen LogP contribution in [-0.2, 0) is 0 Å². The number of quaternary nitrogens is 2. The highest BCUT2D eigenvalue weighted by Gasteiger charge is 1.92. The van der Waals surface area contributed by atoms with E-state index in [4.69, 9.17) is 0 Å². The third kappa shape index (κ3) is 20.3. The maximum Gasteiger partial charge on any atom is 0.0739 e. The van der Waals surface area contributed by atoms with Gasteiger partial charge in [0.05, 0.1) is 13.1 Å². The van der Waals surface area contributed by atoms with Gasteiger partial charge < -0.3 is 45.4 Å². The van der Waals surface area contributed by atoms with Crippen molar-refractivity contribution in [2.45, 2.75) is 64.2 Å². The van der Waals surface area contributed by atoms with Gasteiger partial charge in [0.25, 0.3) is 0 Å². The van der Waals surface area contributed by atoms with Crippen LogP contribution >= 0.6 is 0 Å². The van der Waals surface area contributed by atoms with E-state index in [2.05, 4.69) is 11.5 Å². The molecule has 0 atom stereocenters. The summed E-state index contributed by atoms with van der Waals surface area (Å²) < 4.78 is 0. The molecule has 0 aliphatic rings. The zero-order valence-corrected chi connectivity index (χ0v) is 13.8. The summed E-state index contributed by atoms with van der Waals surface area (Å²) >= 11 is 0. The number of rotatable bonds is 11. The zero-order chi connectivity index (χ0) is 10.5. The molecular weight excluding hydrogens is 332 g/mol. The molecule has 0 saturated heterocycles. The van der Waals surface area contributed by atoms with Crippen molar-refractivity contribution in [2.75, 3.05) is 13.1 Å². The van der Waals surface area contributed by atoms with Crippen LogP contribution in [0.2, 0.25) is 0 Å². The highest BCUT2D eigenvalue weighted by atomic mass is 79.9. The molecule has 0 aromatic heterocycles. The van der Waals surface area contributed by atoms with Gasteiger partial charge in [-0.1, -0.05) is 38.5 Å². The maximum absolute atomic E-state index is 3.86. The molecule has 0 spiro atoms. The Labute approximate surface area is 122 Å². The fraction of sp³-hybridized carbons (Fsp3) is 1.00. The largest absolute Gasteiger partial charge is 1.00 e. The van der Waals surface area contributed by atoms with Gasteiger partial charge in [0.1, 0.15) is 0 Å². The van der Waals surface area contributed by atoms with Gasteiger partial charge in [-0.05, 0) is 25.7 Å². The standard InChI is InChI=1S/C12H28N2.2BrH/c13-11-9-7-5-3-1-2-4-6-8-10-12-14;;/h1-14H2;2*1H. The van der Waals surface area contributed by atoms with Crippen molar-refractivity contribution in [3.05, 3.63) is 0 Å². The van der Waals surface area contributed by atoms with Crippen LogP contribution in [0.3, 0.4) is 0 Å². The van der Waals surface area contributed by atoms with Gasteiger partial charge >= 0.3 is 0 Å². The van der Waals surface area contributed by atoms with Gasteiger partial charge in [-0.3, -0.25) is 0 Å². The molecule has 16 heavy (non-hydrogen) atoms. The number of hydrogen-bond donors (Lipinski definition) is 2. The van der Waals surface area contributed by atoms with E-state index in [1.807, 2.05) is 0 Å². The highest BCUT2D eigenvalue weighted by molar-refractivity contribution is 4.47. The third-order valence-electron chi connectivity index (χ3n) is 2.75. The first-order valence-corrected chi connectivity index (χ1v) is 6.50. The highest BCUT2D eigenvalue weighted by Crippen LogP contribution is 2.09. The Hall–Kier alpha value is 0.880. The fourth-order valence-electron chi connectivity index (χ4n) is 1.77. The van der Waals surface area contributed by atoms with E-state index in [9.17, 15) is 0 Å². The lowest BCUT2D eigenvalue weighted by molar-refractivity contribution is -0.368. The van der Waals surface area contributed by atoms with E-state index in [0.29, 0.717) is 0 Å². The molecule has 0 aromatic carbocycles. The van der Waals surface area contributed by atoms with Crippen LogP contribution in [0, 0.1) is 0 Å². The summed E-state index contributed by atoms with van der Waals surface area (Å²) in [6, 6.07) is 0. The molecule has 0 unspecified atom stereocenters. The number of hydrogen-bond acceptors (Lipinski definition) is 0. The lowest BCUT2D eigenvalue weighted by Gasteiger charge is -2.00. The Morgan fingerprint density at radius 3 is 0.750 bits per heavy atom. The molecule has 0 amide bonds. The molecule has 6 N–H and O–H groups in total. The normalized spacial score (nSPS) is 9.38. The minimum atomic E-state index is 0. The van der Waals surface area contributed by atoms with E-state index in [1.54, 1.807) is 0 Å². The van der Waals surface area contributed by atoms with Crippen molar-refractivity contribution in [1.29, 1.82) is 0 Å². The Morgan fingerprint density at radius 2 is 0.562 bits per heavy atom. The molecule has 0 fully saturated rings. The topological polar surface area (TPSA) is 55.3 Å². The van der Waals surface area contributed by atoms with Crippen molar-refractivity contribution in [3.8, 4) is 0 Å². The van der Waals surface area contributed by atoms with Crippen molar-refractivity contribution >= 4 is 0 Å². The average molecular weight is 362 g/mol. The number of unbranched alkanes of at least 4 members (excludes halogenated alkanes) is 9. The van der Waals surface area contributed by atoms with Crippen LogP contribution in [0.25, 0.3) is 0 Å². The first kappa shape index (κ1) is 22.1. The Kier molecular flexibility index (Phi) is 29.3. The van der Waals surface area contributed by atoms with Crippen LogP contribution in [0.1, 0.15) is 64.2 Å². The predicted octanol–water partition coefficient (Wildman–Crippen LogP) is -4.62. The van der Waals surface area contributed by atoms with Crippen LogP contribution < -0.4 is 45.4 Å². The summed E-state index contributed by atoms with van der Waals surface area (Å²) in [4.78, 5) is 0. The van der Waals surface area contributed by atoms with Gasteiger partial charge in [-0.25, -0.2) is 0 Å². The quantitative estimate of drug-likeness (QED) is 0.348. The smallest absolute Gasteiger partial charge is 0.0739 e. The molecular formula is C12H30Br2N2. The van der Waals surface area contributed by atoms with E-state index < -0.39 is 0 Å². The molecule has 0 radical (unpaired) electrons. The monoisotopic (exact) mass is 360 g/mol. The molecule has 0 bridgehead atoms. The molecule has 0 saturated carbocycles. The molecule has 0 heterocycles. The molecule has 0 aliphatic carbocycles. The summed E-state index contributed by atoms with van der Waals surface area (Å²) in [7, 11) is 0. The maximum atomic E-state index is 3.86. The first-order chi connectivity index (χ1) is 6.91. The second kappa shape index (κ2) is 21.2. The average Bonchev–Trinajstić information content (AvgIpc) is 2.21. The van der Waals surface area contributed by atoms with Gasteiger partial charge in [0.15, 0.2) is 0 Å². The molecule has 2 nitrogen and oxygen atoms in total. The van der Waals surface area contributed by atoms with Crippen molar-refractivity contribution in [1.82, 2.24) is 0 Å². The molecule has 4 heteroatoms. The third-order valence-corrected chi connectivity index (χ3v) is 2.75. The minimum absolute atomic E-state index is 0. The molecule has 0 aliphatic heterocycles. The van der Waals surface area contributed by atoms with Crippen LogP contribution in [-0.4, -0.2) is 13.1 Å². The van der Waals surface area contributed by atoms with Crippen LogP contribution in [0.15, 0.2) is 0 Å². The van der Waals surface area contributed by atoms with Gasteiger partial charge in [0.2, 0.25) is 0 Å². The van der Waals surface area contributed by atoms with Crippen molar-refractivity contribution in [3.63, 3.8) is 0 Å². The van der Waals surface area contributed by atoms with Crippen LogP contribution in [0.4, 0.5) is 0 Å². The number of halogens is 2. The second-order valence-corrected chi connectivity index (χ2v) is 4.24. The van der Waals surface area contributed by atoms with E-state index in [1.165, 1.54) is 64.2 Å².